The minimum atomic E-state index is 0.0539. The first-order valence-corrected chi connectivity index (χ1v) is 7.93. The molecule has 0 saturated carbocycles. The van der Waals surface area contributed by atoms with E-state index in [1.165, 1.54) is 0 Å². The zero-order valence-electron chi connectivity index (χ0n) is 14.5. The molecule has 1 heterocycles. The van der Waals surface area contributed by atoms with Gasteiger partial charge in [-0.15, -0.1) is 0 Å². The molecule has 1 amide bonds. The molecule has 1 fully saturated rings. The zero-order valence-corrected chi connectivity index (χ0v) is 14.5. The maximum absolute atomic E-state index is 12.6. The summed E-state index contributed by atoms with van der Waals surface area (Å²) in [4.78, 5) is 19.1. The summed E-state index contributed by atoms with van der Waals surface area (Å²) in [5.74, 6) is 1.28. The molecule has 0 unspecified atom stereocenters. The van der Waals surface area contributed by atoms with E-state index in [1.54, 1.807) is 32.4 Å². The summed E-state index contributed by atoms with van der Waals surface area (Å²) in [6, 6.07) is 5.32. The first kappa shape index (κ1) is 17.6. The van der Waals surface area contributed by atoms with Gasteiger partial charge in [0.15, 0.2) is 11.5 Å². The second kappa shape index (κ2) is 8.17. The number of piperazine rings is 1. The molecule has 2 rings (SSSR count). The third-order valence-corrected chi connectivity index (χ3v) is 4.15. The molecule has 6 heteroatoms. The van der Waals surface area contributed by atoms with Crippen molar-refractivity contribution in [1.82, 2.24) is 14.7 Å². The Hall–Kier alpha value is -1.79. The molecule has 0 bridgehead atoms. The Kier molecular flexibility index (Phi) is 6.24. The molecule has 0 radical (unpaired) electrons. The summed E-state index contributed by atoms with van der Waals surface area (Å²) in [6.07, 6.45) is 0. The second-order valence-electron chi connectivity index (χ2n) is 6.01. The van der Waals surface area contributed by atoms with E-state index < -0.39 is 0 Å². The van der Waals surface area contributed by atoms with Crippen molar-refractivity contribution >= 4 is 5.91 Å². The summed E-state index contributed by atoms with van der Waals surface area (Å²) in [5, 5.41) is 0. The third kappa shape index (κ3) is 4.59. The Bertz CT molecular complexity index is 526. The van der Waals surface area contributed by atoms with Crippen LogP contribution in [0.25, 0.3) is 0 Å². The highest BCUT2D eigenvalue weighted by molar-refractivity contribution is 5.95. The lowest BCUT2D eigenvalue weighted by Crippen LogP contribution is -2.49. The van der Waals surface area contributed by atoms with Crippen LogP contribution in [0.3, 0.4) is 0 Å². The highest BCUT2D eigenvalue weighted by Gasteiger charge is 2.22. The van der Waals surface area contributed by atoms with Crippen LogP contribution >= 0.6 is 0 Å². The minimum Gasteiger partial charge on any atom is -0.493 e. The lowest BCUT2D eigenvalue weighted by Gasteiger charge is -2.35. The summed E-state index contributed by atoms with van der Waals surface area (Å²) < 4.78 is 10.5. The van der Waals surface area contributed by atoms with Crippen LogP contribution in [-0.2, 0) is 0 Å². The standard InChI is InChI=1S/C17H27N3O3/c1-18(2)7-8-19-9-11-20(12-10-19)17(21)14-5-6-15(22-3)16(13-14)23-4/h5-6,13H,7-12H2,1-4H3. The van der Waals surface area contributed by atoms with Gasteiger partial charge < -0.3 is 19.3 Å². The van der Waals surface area contributed by atoms with E-state index >= 15 is 0 Å². The van der Waals surface area contributed by atoms with Gasteiger partial charge in [-0.2, -0.15) is 0 Å². The van der Waals surface area contributed by atoms with E-state index in [-0.39, 0.29) is 5.91 Å². The smallest absolute Gasteiger partial charge is 0.254 e. The molecule has 0 N–H and O–H groups in total. The van der Waals surface area contributed by atoms with E-state index in [0.29, 0.717) is 17.1 Å². The highest BCUT2D eigenvalue weighted by atomic mass is 16.5. The fraction of sp³-hybridized carbons (Fsp3) is 0.588. The number of methoxy groups -OCH3 is 2. The van der Waals surface area contributed by atoms with Crippen molar-refractivity contribution in [2.75, 3.05) is 67.6 Å². The predicted molar refractivity (Wildman–Crippen MR) is 90.4 cm³/mol. The first-order chi connectivity index (χ1) is 11.0. The SMILES string of the molecule is COc1ccc(C(=O)N2CCN(CCN(C)C)CC2)cc1OC. The number of carbonyl (C=O) groups excluding carboxylic acids is 1. The molecule has 1 aliphatic heterocycles. The highest BCUT2D eigenvalue weighted by Crippen LogP contribution is 2.28. The van der Waals surface area contributed by atoms with Gasteiger partial charge in [0.05, 0.1) is 14.2 Å². The molecule has 0 aliphatic carbocycles. The van der Waals surface area contributed by atoms with Gasteiger partial charge in [-0.1, -0.05) is 0 Å². The Balaban J connectivity index is 1.94. The number of hydrogen-bond acceptors (Lipinski definition) is 5. The van der Waals surface area contributed by atoms with Crippen molar-refractivity contribution in [3.63, 3.8) is 0 Å². The fourth-order valence-corrected chi connectivity index (χ4v) is 2.67. The maximum Gasteiger partial charge on any atom is 0.254 e. The molecule has 1 aromatic carbocycles. The topological polar surface area (TPSA) is 45.2 Å². The summed E-state index contributed by atoms with van der Waals surface area (Å²) in [6.45, 7) is 5.47. The van der Waals surface area contributed by atoms with Crippen LogP contribution in [0.1, 0.15) is 10.4 Å². The largest absolute Gasteiger partial charge is 0.493 e. The van der Waals surface area contributed by atoms with Gasteiger partial charge in [0.25, 0.3) is 5.91 Å². The number of carbonyl (C=O) groups is 1. The van der Waals surface area contributed by atoms with Gasteiger partial charge in [0, 0.05) is 44.8 Å². The zero-order chi connectivity index (χ0) is 16.8. The van der Waals surface area contributed by atoms with Crippen LogP contribution in [-0.4, -0.2) is 88.2 Å². The van der Waals surface area contributed by atoms with Crippen LogP contribution < -0.4 is 9.47 Å². The van der Waals surface area contributed by atoms with Crippen molar-refractivity contribution in [2.24, 2.45) is 0 Å². The van der Waals surface area contributed by atoms with Crippen molar-refractivity contribution in [3.05, 3.63) is 23.8 Å². The number of rotatable bonds is 6. The monoisotopic (exact) mass is 321 g/mol. The molecular weight excluding hydrogens is 294 g/mol. The lowest BCUT2D eigenvalue weighted by molar-refractivity contribution is 0.0629. The van der Waals surface area contributed by atoms with E-state index in [1.807, 2.05) is 4.90 Å². The predicted octanol–water partition coefficient (Wildman–Crippen LogP) is 1.02. The van der Waals surface area contributed by atoms with Crippen LogP contribution in [0, 0.1) is 0 Å². The Morgan fingerprint density at radius 3 is 2.30 bits per heavy atom. The molecule has 23 heavy (non-hydrogen) atoms. The van der Waals surface area contributed by atoms with Gasteiger partial charge >= 0.3 is 0 Å². The summed E-state index contributed by atoms with van der Waals surface area (Å²) >= 11 is 0. The average molecular weight is 321 g/mol. The second-order valence-corrected chi connectivity index (χ2v) is 6.01. The number of amides is 1. The Labute approximate surface area is 138 Å². The molecule has 0 spiro atoms. The van der Waals surface area contributed by atoms with Gasteiger partial charge in [0.1, 0.15) is 0 Å². The average Bonchev–Trinajstić information content (AvgIpc) is 2.59. The quantitative estimate of drug-likeness (QED) is 0.783. The number of likely N-dealkylation sites (N-methyl/N-ethyl adjacent to an activating group) is 1. The molecule has 1 saturated heterocycles. The first-order valence-electron chi connectivity index (χ1n) is 7.93. The van der Waals surface area contributed by atoms with Crippen LogP contribution in [0.2, 0.25) is 0 Å². The molecule has 128 valence electrons. The van der Waals surface area contributed by atoms with Crippen molar-refractivity contribution in [1.29, 1.82) is 0 Å². The number of ether oxygens (including phenoxy) is 2. The molecule has 0 atom stereocenters. The van der Waals surface area contributed by atoms with Crippen molar-refractivity contribution < 1.29 is 14.3 Å². The van der Waals surface area contributed by atoms with Gasteiger partial charge in [0.2, 0.25) is 0 Å². The van der Waals surface area contributed by atoms with Gasteiger partial charge in [-0.3, -0.25) is 9.69 Å². The summed E-state index contributed by atoms with van der Waals surface area (Å²) in [7, 11) is 7.33. The van der Waals surface area contributed by atoms with E-state index in [2.05, 4.69) is 23.9 Å². The molecule has 1 aromatic rings. The number of nitrogens with zero attached hydrogens (tertiary/aromatic N) is 3. The molecule has 6 nitrogen and oxygen atoms in total. The molecule has 0 aromatic heterocycles. The van der Waals surface area contributed by atoms with E-state index in [9.17, 15) is 4.79 Å². The molecular formula is C17H27N3O3. The van der Waals surface area contributed by atoms with Gasteiger partial charge in [-0.25, -0.2) is 0 Å². The van der Waals surface area contributed by atoms with Crippen LogP contribution in [0.4, 0.5) is 0 Å². The van der Waals surface area contributed by atoms with E-state index in [4.69, 9.17) is 9.47 Å². The van der Waals surface area contributed by atoms with Crippen molar-refractivity contribution in [2.45, 2.75) is 0 Å². The summed E-state index contributed by atoms with van der Waals surface area (Å²) in [5.41, 5.74) is 0.643. The maximum atomic E-state index is 12.6. The third-order valence-electron chi connectivity index (χ3n) is 4.15. The van der Waals surface area contributed by atoms with Crippen LogP contribution in [0.15, 0.2) is 18.2 Å². The fourth-order valence-electron chi connectivity index (χ4n) is 2.67. The minimum absolute atomic E-state index is 0.0539. The number of benzene rings is 1. The lowest BCUT2D eigenvalue weighted by atomic mass is 10.1. The normalized spacial score (nSPS) is 15.8. The van der Waals surface area contributed by atoms with Gasteiger partial charge in [-0.05, 0) is 32.3 Å². The Morgan fingerprint density at radius 1 is 1.09 bits per heavy atom. The molecule has 1 aliphatic rings. The van der Waals surface area contributed by atoms with Crippen molar-refractivity contribution in [3.8, 4) is 11.5 Å². The Morgan fingerprint density at radius 2 is 1.74 bits per heavy atom. The number of hydrogen-bond donors (Lipinski definition) is 0. The van der Waals surface area contributed by atoms with E-state index in [0.717, 1.165) is 39.3 Å². The van der Waals surface area contributed by atoms with Crippen LogP contribution in [0.5, 0.6) is 11.5 Å².